The molecule has 1 atom stereocenters. The molecule has 1 rings (SSSR count). The van der Waals surface area contributed by atoms with Crippen molar-refractivity contribution in [3.05, 3.63) is 0 Å². The Morgan fingerprint density at radius 1 is 1.50 bits per heavy atom. The third-order valence-corrected chi connectivity index (χ3v) is 1.40. The molecule has 14 heavy (non-hydrogen) atoms. The van der Waals surface area contributed by atoms with E-state index in [0.29, 0.717) is 0 Å². The highest BCUT2D eigenvalue weighted by Gasteiger charge is 2.35. The van der Waals surface area contributed by atoms with Crippen molar-refractivity contribution in [2.75, 3.05) is 0 Å². The number of hydrogen-bond donors (Lipinski definition) is 1. The summed E-state index contributed by atoms with van der Waals surface area (Å²) in [6.45, 7) is 1.04. The standard InChI is InChI=1S/C7H7NO6/c1-3(9)13-7(12)8-4-2-5(10)14-6(4)11/h4H,2H2,1H3,(H,8,12). The van der Waals surface area contributed by atoms with Crippen LogP contribution in [-0.4, -0.2) is 30.0 Å². The van der Waals surface area contributed by atoms with Crippen molar-refractivity contribution in [2.24, 2.45) is 0 Å². The molecular formula is C7H7NO6. The van der Waals surface area contributed by atoms with Crippen LogP contribution in [0.15, 0.2) is 0 Å². The average Bonchev–Trinajstić information content (AvgIpc) is 2.28. The normalized spacial score (nSPS) is 20.2. The topological polar surface area (TPSA) is 98.8 Å². The van der Waals surface area contributed by atoms with E-state index in [1.54, 1.807) is 0 Å². The Morgan fingerprint density at radius 3 is 2.57 bits per heavy atom. The van der Waals surface area contributed by atoms with E-state index in [0.717, 1.165) is 6.92 Å². The number of rotatable bonds is 1. The van der Waals surface area contributed by atoms with Crippen molar-refractivity contribution < 1.29 is 28.7 Å². The number of cyclic esters (lactones) is 2. The summed E-state index contributed by atoms with van der Waals surface area (Å²) in [6, 6.07) is -1.06. The zero-order chi connectivity index (χ0) is 10.7. The molecule has 76 valence electrons. The van der Waals surface area contributed by atoms with E-state index in [4.69, 9.17) is 0 Å². The maximum Gasteiger partial charge on any atom is 0.415 e. The predicted octanol–water partition coefficient (Wildman–Crippen LogP) is -0.899. The minimum absolute atomic E-state index is 0.244. The molecule has 0 radical (unpaired) electrons. The summed E-state index contributed by atoms with van der Waals surface area (Å²) in [6.07, 6.45) is -1.32. The molecule has 0 aromatic carbocycles. The van der Waals surface area contributed by atoms with E-state index in [1.807, 2.05) is 5.32 Å². The molecule has 0 saturated carbocycles. The van der Waals surface area contributed by atoms with E-state index in [-0.39, 0.29) is 6.42 Å². The first kappa shape index (κ1) is 10.2. The lowest BCUT2D eigenvalue weighted by atomic mass is 10.2. The molecule has 1 amide bonds. The minimum Gasteiger partial charge on any atom is -0.392 e. The molecule has 1 fully saturated rings. The SMILES string of the molecule is CC(=O)OC(=O)NC1CC(=O)OC1=O. The Bertz CT molecular complexity index is 309. The van der Waals surface area contributed by atoms with Gasteiger partial charge in [0, 0.05) is 6.92 Å². The first-order valence-electron chi connectivity index (χ1n) is 3.72. The summed E-state index contributed by atoms with van der Waals surface area (Å²) in [5.41, 5.74) is 0. The van der Waals surface area contributed by atoms with Crippen molar-refractivity contribution in [1.82, 2.24) is 5.32 Å². The van der Waals surface area contributed by atoms with E-state index >= 15 is 0 Å². The fraction of sp³-hybridized carbons (Fsp3) is 0.429. The third kappa shape index (κ3) is 2.54. The van der Waals surface area contributed by atoms with Crippen LogP contribution in [0.2, 0.25) is 0 Å². The first-order valence-corrected chi connectivity index (χ1v) is 3.72. The smallest absolute Gasteiger partial charge is 0.392 e. The van der Waals surface area contributed by atoms with Crippen molar-refractivity contribution in [3.8, 4) is 0 Å². The second-order valence-electron chi connectivity index (χ2n) is 2.58. The van der Waals surface area contributed by atoms with Crippen LogP contribution in [0.5, 0.6) is 0 Å². The van der Waals surface area contributed by atoms with Gasteiger partial charge in [0.1, 0.15) is 6.04 Å². The number of hydrogen-bond acceptors (Lipinski definition) is 6. The van der Waals surface area contributed by atoms with E-state index in [2.05, 4.69) is 9.47 Å². The van der Waals surface area contributed by atoms with Crippen molar-refractivity contribution in [1.29, 1.82) is 0 Å². The summed E-state index contributed by atoms with van der Waals surface area (Å²) in [5.74, 6) is -2.38. The lowest BCUT2D eigenvalue weighted by molar-refractivity contribution is -0.152. The van der Waals surface area contributed by atoms with Gasteiger partial charge in [-0.1, -0.05) is 0 Å². The Labute approximate surface area is 78.3 Å². The molecule has 1 unspecified atom stereocenters. The summed E-state index contributed by atoms with van der Waals surface area (Å²) in [7, 11) is 0. The minimum atomic E-state index is -1.07. The van der Waals surface area contributed by atoms with Crippen LogP contribution in [0.1, 0.15) is 13.3 Å². The summed E-state index contributed by atoms with van der Waals surface area (Å²) in [4.78, 5) is 42.5. The van der Waals surface area contributed by atoms with Gasteiger partial charge >= 0.3 is 24.0 Å². The molecule has 0 spiro atoms. The van der Waals surface area contributed by atoms with Crippen LogP contribution >= 0.6 is 0 Å². The fourth-order valence-electron chi connectivity index (χ4n) is 0.887. The summed E-state index contributed by atoms with van der Waals surface area (Å²) < 4.78 is 8.23. The van der Waals surface area contributed by atoms with Crippen LogP contribution in [0.3, 0.4) is 0 Å². The van der Waals surface area contributed by atoms with Gasteiger partial charge in [-0.05, 0) is 0 Å². The molecule has 1 N–H and O–H groups in total. The largest absolute Gasteiger partial charge is 0.415 e. The van der Waals surface area contributed by atoms with Crippen molar-refractivity contribution in [2.45, 2.75) is 19.4 Å². The van der Waals surface area contributed by atoms with Gasteiger partial charge < -0.3 is 14.8 Å². The second kappa shape index (κ2) is 3.86. The molecule has 7 nitrogen and oxygen atoms in total. The highest BCUT2D eigenvalue weighted by Crippen LogP contribution is 2.07. The molecule has 1 heterocycles. The van der Waals surface area contributed by atoms with Gasteiger partial charge in [0.05, 0.1) is 6.42 Å². The molecule has 1 aliphatic heterocycles. The van der Waals surface area contributed by atoms with Crippen LogP contribution in [0, 0.1) is 0 Å². The van der Waals surface area contributed by atoms with Gasteiger partial charge in [-0.3, -0.25) is 9.59 Å². The zero-order valence-electron chi connectivity index (χ0n) is 7.23. The van der Waals surface area contributed by atoms with Crippen molar-refractivity contribution >= 4 is 24.0 Å². The molecular weight excluding hydrogens is 194 g/mol. The third-order valence-electron chi connectivity index (χ3n) is 1.40. The monoisotopic (exact) mass is 201 g/mol. The molecule has 0 aromatic heterocycles. The molecule has 0 aromatic rings. The van der Waals surface area contributed by atoms with Crippen LogP contribution in [0.4, 0.5) is 4.79 Å². The second-order valence-corrected chi connectivity index (χ2v) is 2.58. The van der Waals surface area contributed by atoms with E-state index in [1.165, 1.54) is 0 Å². The fourth-order valence-corrected chi connectivity index (χ4v) is 0.887. The van der Waals surface area contributed by atoms with E-state index in [9.17, 15) is 19.2 Å². The Hall–Kier alpha value is -1.92. The maximum absolute atomic E-state index is 10.8. The van der Waals surface area contributed by atoms with Gasteiger partial charge in [-0.2, -0.15) is 0 Å². The number of alkyl carbamates (subject to hydrolysis) is 1. The quantitative estimate of drug-likeness (QED) is 0.436. The van der Waals surface area contributed by atoms with Gasteiger partial charge in [-0.25, -0.2) is 9.59 Å². The highest BCUT2D eigenvalue weighted by atomic mass is 16.6. The van der Waals surface area contributed by atoms with Gasteiger partial charge in [-0.15, -0.1) is 0 Å². The molecule has 0 bridgehead atoms. The number of esters is 3. The lowest BCUT2D eigenvalue weighted by Gasteiger charge is -2.05. The van der Waals surface area contributed by atoms with Crippen molar-refractivity contribution in [3.63, 3.8) is 0 Å². The summed E-state index contributed by atoms with van der Waals surface area (Å²) >= 11 is 0. The average molecular weight is 201 g/mol. The van der Waals surface area contributed by atoms with Crippen LogP contribution < -0.4 is 5.32 Å². The number of nitrogens with one attached hydrogen (secondary N) is 1. The lowest BCUT2D eigenvalue weighted by Crippen LogP contribution is -2.38. The van der Waals surface area contributed by atoms with Gasteiger partial charge in [0.25, 0.3) is 0 Å². The number of carbonyl (C=O) groups is 4. The maximum atomic E-state index is 10.8. The predicted molar refractivity (Wildman–Crippen MR) is 39.8 cm³/mol. The molecule has 7 heteroatoms. The first-order chi connectivity index (χ1) is 6.49. The molecule has 1 aliphatic rings. The Morgan fingerprint density at radius 2 is 2.14 bits per heavy atom. The Kier molecular flexibility index (Phi) is 2.80. The van der Waals surface area contributed by atoms with Crippen LogP contribution in [-0.2, 0) is 23.9 Å². The van der Waals surface area contributed by atoms with E-state index < -0.39 is 30.0 Å². The van der Waals surface area contributed by atoms with Crippen LogP contribution in [0.25, 0.3) is 0 Å². The number of carbonyl (C=O) groups excluding carboxylic acids is 4. The zero-order valence-corrected chi connectivity index (χ0v) is 7.23. The number of ether oxygens (including phenoxy) is 2. The molecule has 1 saturated heterocycles. The van der Waals surface area contributed by atoms with Gasteiger partial charge in [0.2, 0.25) is 0 Å². The number of amides is 1. The van der Waals surface area contributed by atoms with Gasteiger partial charge in [0.15, 0.2) is 0 Å². The highest BCUT2D eigenvalue weighted by molar-refractivity contribution is 5.99. The Balaban J connectivity index is 2.45. The summed E-state index contributed by atoms with van der Waals surface area (Å²) in [5, 5.41) is 2.01. The molecule has 0 aliphatic carbocycles.